The summed E-state index contributed by atoms with van der Waals surface area (Å²) in [6.45, 7) is 6.42. The third-order valence-corrected chi connectivity index (χ3v) is 3.68. The van der Waals surface area contributed by atoms with E-state index in [9.17, 15) is 0 Å². The molecule has 17 heavy (non-hydrogen) atoms. The van der Waals surface area contributed by atoms with E-state index in [1.807, 2.05) is 25.1 Å². The lowest BCUT2D eigenvalue weighted by molar-refractivity contribution is 0.137. The van der Waals surface area contributed by atoms with Crippen LogP contribution in [0.2, 0.25) is 5.02 Å². The lowest BCUT2D eigenvalue weighted by Crippen LogP contribution is -2.28. The van der Waals surface area contributed by atoms with E-state index in [1.54, 1.807) is 0 Å². The number of rotatable bonds is 4. The van der Waals surface area contributed by atoms with Gasteiger partial charge < -0.3 is 10.1 Å². The molecule has 0 spiro atoms. The van der Waals surface area contributed by atoms with Crippen molar-refractivity contribution in [2.75, 3.05) is 13.1 Å². The molecule has 1 aliphatic rings. The monoisotopic (exact) mass is 253 g/mol. The molecule has 1 aliphatic heterocycles. The van der Waals surface area contributed by atoms with Gasteiger partial charge in [-0.3, -0.25) is 0 Å². The summed E-state index contributed by atoms with van der Waals surface area (Å²) in [7, 11) is 0. The van der Waals surface area contributed by atoms with Gasteiger partial charge in [-0.2, -0.15) is 0 Å². The smallest absolute Gasteiger partial charge is 0.122 e. The van der Waals surface area contributed by atoms with E-state index < -0.39 is 0 Å². The molecule has 2 atom stereocenters. The number of ether oxygens (including phenoxy) is 1. The predicted molar refractivity (Wildman–Crippen MR) is 71.9 cm³/mol. The van der Waals surface area contributed by atoms with Crippen molar-refractivity contribution in [1.29, 1.82) is 0 Å². The second-order valence-corrected chi connectivity index (χ2v) is 5.16. The topological polar surface area (TPSA) is 21.3 Å². The standard InChI is InChI=1S/C14H20ClNO/c1-3-13(11-6-7-16-9-11)17-14-5-4-12(15)8-10(14)2/h4-5,8,11,13,16H,3,6-7,9H2,1-2H3/t11?,13-/m1/s1. The molecule has 94 valence electrons. The summed E-state index contributed by atoms with van der Waals surface area (Å²) in [6, 6.07) is 5.82. The Kier molecular flexibility index (Phi) is 4.30. The van der Waals surface area contributed by atoms with Crippen molar-refractivity contribution < 1.29 is 4.74 Å². The quantitative estimate of drug-likeness (QED) is 0.888. The fourth-order valence-corrected chi connectivity index (χ4v) is 2.64. The van der Waals surface area contributed by atoms with Gasteiger partial charge in [-0.1, -0.05) is 18.5 Å². The van der Waals surface area contributed by atoms with Gasteiger partial charge in [-0.25, -0.2) is 0 Å². The highest BCUT2D eigenvalue weighted by Crippen LogP contribution is 2.26. The summed E-state index contributed by atoms with van der Waals surface area (Å²) in [5.41, 5.74) is 1.11. The zero-order valence-corrected chi connectivity index (χ0v) is 11.3. The zero-order valence-electron chi connectivity index (χ0n) is 10.5. The molecule has 0 radical (unpaired) electrons. The first-order valence-corrected chi connectivity index (χ1v) is 6.72. The van der Waals surface area contributed by atoms with Gasteiger partial charge in [0, 0.05) is 17.5 Å². The van der Waals surface area contributed by atoms with Crippen LogP contribution in [0.5, 0.6) is 5.75 Å². The van der Waals surface area contributed by atoms with Gasteiger partial charge in [0.25, 0.3) is 0 Å². The summed E-state index contributed by atoms with van der Waals surface area (Å²) < 4.78 is 6.13. The Hall–Kier alpha value is -0.730. The first-order valence-electron chi connectivity index (χ1n) is 6.34. The van der Waals surface area contributed by atoms with Gasteiger partial charge in [0.05, 0.1) is 0 Å². The molecule has 3 heteroatoms. The summed E-state index contributed by atoms with van der Waals surface area (Å²) >= 11 is 5.95. The zero-order chi connectivity index (χ0) is 12.3. The molecule has 1 saturated heterocycles. The van der Waals surface area contributed by atoms with Gasteiger partial charge in [0.15, 0.2) is 0 Å². The van der Waals surface area contributed by atoms with Gasteiger partial charge in [0.1, 0.15) is 11.9 Å². The first-order chi connectivity index (χ1) is 8.20. The van der Waals surface area contributed by atoms with E-state index in [1.165, 1.54) is 6.42 Å². The molecule has 0 saturated carbocycles. The third-order valence-electron chi connectivity index (χ3n) is 3.44. The average molecular weight is 254 g/mol. The highest BCUT2D eigenvalue weighted by atomic mass is 35.5. The lowest BCUT2D eigenvalue weighted by Gasteiger charge is -2.24. The van der Waals surface area contributed by atoms with Crippen LogP contribution in [0.4, 0.5) is 0 Å². The molecule has 2 rings (SSSR count). The maximum absolute atomic E-state index is 6.13. The van der Waals surface area contributed by atoms with Crippen molar-refractivity contribution in [3.63, 3.8) is 0 Å². The van der Waals surface area contributed by atoms with Crippen molar-refractivity contribution >= 4 is 11.6 Å². The fraction of sp³-hybridized carbons (Fsp3) is 0.571. The molecule has 2 nitrogen and oxygen atoms in total. The van der Waals surface area contributed by atoms with Gasteiger partial charge >= 0.3 is 0 Å². The summed E-state index contributed by atoms with van der Waals surface area (Å²) in [4.78, 5) is 0. The Morgan fingerprint density at radius 2 is 2.35 bits per heavy atom. The molecule has 1 aromatic rings. The molecule has 1 N–H and O–H groups in total. The Morgan fingerprint density at radius 3 is 2.94 bits per heavy atom. The predicted octanol–water partition coefficient (Wildman–Crippen LogP) is 3.42. The lowest BCUT2D eigenvalue weighted by atomic mass is 9.99. The van der Waals surface area contributed by atoms with Gasteiger partial charge in [0.2, 0.25) is 0 Å². The maximum atomic E-state index is 6.13. The molecule has 0 amide bonds. The summed E-state index contributed by atoms with van der Waals surface area (Å²) in [5.74, 6) is 1.60. The number of hydrogen-bond acceptors (Lipinski definition) is 2. The van der Waals surface area contributed by atoms with Crippen molar-refractivity contribution in [1.82, 2.24) is 5.32 Å². The minimum Gasteiger partial charge on any atom is -0.490 e. The van der Waals surface area contributed by atoms with E-state index in [4.69, 9.17) is 16.3 Å². The molecule has 0 aliphatic carbocycles. The van der Waals surface area contributed by atoms with E-state index in [0.717, 1.165) is 35.8 Å². The van der Waals surface area contributed by atoms with Crippen molar-refractivity contribution in [3.8, 4) is 5.75 Å². The maximum Gasteiger partial charge on any atom is 0.122 e. The van der Waals surface area contributed by atoms with Crippen LogP contribution in [-0.4, -0.2) is 19.2 Å². The number of benzene rings is 1. The van der Waals surface area contributed by atoms with Crippen LogP contribution in [0.15, 0.2) is 18.2 Å². The van der Waals surface area contributed by atoms with Gasteiger partial charge in [-0.05, 0) is 50.1 Å². The van der Waals surface area contributed by atoms with Crippen molar-refractivity contribution in [3.05, 3.63) is 28.8 Å². The molecule has 0 aromatic heterocycles. The Bertz CT molecular complexity index is 374. The Balaban J connectivity index is 2.06. The van der Waals surface area contributed by atoms with Crippen LogP contribution < -0.4 is 10.1 Å². The number of halogens is 1. The highest BCUT2D eigenvalue weighted by Gasteiger charge is 2.25. The van der Waals surface area contributed by atoms with Crippen molar-refractivity contribution in [2.24, 2.45) is 5.92 Å². The van der Waals surface area contributed by atoms with Gasteiger partial charge in [-0.15, -0.1) is 0 Å². The van der Waals surface area contributed by atoms with Crippen LogP contribution in [0.1, 0.15) is 25.3 Å². The van der Waals surface area contributed by atoms with Crippen LogP contribution in [0.3, 0.4) is 0 Å². The molecule has 1 fully saturated rings. The Labute approximate surface area is 108 Å². The average Bonchev–Trinajstić information content (AvgIpc) is 2.81. The van der Waals surface area contributed by atoms with Crippen molar-refractivity contribution in [2.45, 2.75) is 32.8 Å². The molecule has 1 heterocycles. The summed E-state index contributed by atoms with van der Waals surface area (Å²) in [5, 5.41) is 4.16. The third kappa shape index (κ3) is 3.14. The van der Waals surface area contributed by atoms with Crippen LogP contribution in [0, 0.1) is 12.8 Å². The van der Waals surface area contributed by atoms with Crippen LogP contribution in [0.25, 0.3) is 0 Å². The minimum absolute atomic E-state index is 0.310. The molecular formula is C14H20ClNO. The first kappa shape index (κ1) is 12.7. The normalized spacial score (nSPS) is 21.5. The second-order valence-electron chi connectivity index (χ2n) is 4.73. The second kappa shape index (κ2) is 5.74. The molecule has 0 bridgehead atoms. The highest BCUT2D eigenvalue weighted by molar-refractivity contribution is 6.30. The number of hydrogen-bond donors (Lipinski definition) is 1. The molecule has 1 unspecified atom stereocenters. The number of nitrogens with one attached hydrogen (secondary N) is 1. The SMILES string of the molecule is CC[C@@H](Oc1ccc(Cl)cc1C)C1CCNC1. The van der Waals surface area contributed by atoms with Crippen LogP contribution >= 0.6 is 11.6 Å². The van der Waals surface area contributed by atoms with E-state index >= 15 is 0 Å². The molecule has 1 aromatic carbocycles. The Morgan fingerprint density at radius 1 is 1.53 bits per heavy atom. The van der Waals surface area contributed by atoms with E-state index in [2.05, 4.69) is 12.2 Å². The van der Waals surface area contributed by atoms with E-state index in [0.29, 0.717) is 12.0 Å². The largest absolute Gasteiger partial charge is 0.490 e. The number of aryl methyl sites for hydroxylation is 1. The summed E-state index contributed by atoms with van der Waals surface area (Å²) in [6.07, 6.45) is 2.57. The fourth-order valence-electron chi connectivity index (χ4n) is 2.42. The van der Waals surface area contributed by atoms with Crippen LogP contribution in [-0.2, 0) is 0 Å². The van der Waals surface area contributed by atoms with E-state index in [-0.39, 0.29) is 0 Å². The minimum atomic E-state index is 0.310. The molecular weight excluding hydrogens is 234 g/mol.